The summed E-state index contributed by atoms with van der Waals surface area (Å²) in [5, 5.41) is 0. The third-order valence-electron chi connectivity index (χ3n) is 2.03. The number of fused-ring (bicyclic) bond motifs is 1. The van der Waals surface area contributed by atoms with E-state index in [-0.39, 0.29) is 11.1 Å². The van der Waals surface area contributed by atoms with E-state index in [1.807, 2.05) is 6.92 Å². The molecule has 0 bridgehead atoms. The lowest BCUT2D eigenvalue weighted by molar-refractivity contribution is 0.535. The van der Waals surface area contributed by atoms with Gasteiger partial charge in [0.1, 0.15) is 5.52 Å². The second-order valence-corrected chi connectivity index (χ2v) is 5.20. The molecule has 0 aliphatic heterocycles. The van der Waals surface area contributed by atoms with Crippen LogP contribution in [0.4, 0.5) is 0 Å². The van der Waals surface area contributed by atoms with E-state index in [0.717, 1.165) is 11.8 Å². The summed E-state index contributed by atoms with van der Waals surface area (Å²) in [5.41, 5.74) is 1.45. The Morgan fingerprint density at radius 3 is 2.60 bits per heavy atom. The second-order valence-electron chi connectivity index (χ2n) is 3.37. The fraction of sp³-hybridized carbons (Fsp3) is 0.222. The fourth-order valence-electron chi connectivity index (χ4n) is 1.42. The van der Waals surface area contributed by atoms with Crippen molar-refractivity contribution >= 4 is 21.1 Å². The lowest BCUT2D eigenvalue weighted by Crippen LogP contribution is -2.21. The highest BCUT2D eigenvalue weighted by molar-refractivity contribution is 7.89. The Hall–Kier alpha value is -1.56. The van der Waals surface area contributed by atoms with E-state index in [0.29, 0.717) is 3.97 Å². The Balaban J connectivity index is 2.99. The Morgan fingerprint density at radius 1 is 1.33 bits per heavy atom. The molecule has 80 valence electrons. The molecule has 6 heteroatoms. The number of hydrogen-bond donors (Lipinski definition) is 0. The molecule has 0 saturated heterocycles. The molecular weight excluding hydrogens is 218 g/mol. The van der Waals surface area contributed by atoms with Crippen molar-refractivity contribution in [2.45, 2.75) is 6.92 Å². The van der Waals surface area contributed by atoms with Crippen LogP contribution in [0.25, 0.3) is 11.1 Å². The molecule has 0 amide bonds. The number of rotatable bonds is 1. The third-order valence-corrected chi connectivity index (χ3v) is 3.04. The largest absolute Gasteiger partial charge is 0.434 e. The van der Waals surface area contributed by atoms with Gasteiger partial charge in [0.2, 0.25) is 10.0 Å². The molecule has 0 atom stereocenters. The van der Waals surface area contributed by atoms with Gasteiger partial charge < -0.3 is 4.42 Å². The van der Waals surface area contributed by atoms with Crippen LogP contribution in [0.5, 0.6) is 0 Å². The molecule has 0 aliphatic rings. The monoisotopic (exact) mass is 227 g/mol. The van der Waals surface area contributed by atoms with Gasteiger partial charge in [-0.05, 0) is 24.6 Å². The molecule has 15 heavy (non-hydrogen) atoms. The first-order valence-corrected chi connectivity index (χ1v) is 6.07. The first-order chi connectivity index (χ1) is 6.89. The van der Waals surface area contributed by atoms with E-state index in [9.17, 15) is 13.2 Å². The van der Waals surface area contributed by atoms with Gasteiger partial charge in [0.15, 0.2) is 5.58 Å². The molecule has 1 aromatic heterocycles. The summed E-state index contributed by atoms with van der Waals surface area (Å²) in [7, 11) is -3.62. The number of oxazole rings is 1. The molecule has 0 N–H and O–H groups in total. The van der Waals surface area contributed by atoms with Crippen LogP contribution in [0.2, 0.25) is 0 Å². The van der Waals surface area contributed by atoms with Crippen LogP contribution in [0.1, 0.15) is 5.56 Å². The summed E-state index contributed by atoms with van der Waals surface area (Å²) in [5.74, 6) is -0.877. The van der Waals surface area contributed by atoms with Crippen LogP contribution < -0.4 is 5.76 Å². The van der Waals surface area contributed by atoms with Gasteiger partial charge in [-0.15, -0.1) is 0 Å². The first-order valence-electron chi connectivity index (χ1n) is 4.22. The minimum Gasteiger partial charge on any atom is -0.407 e. The summed E-state index contributed by atoms with van der Waals surface area (Å²) >= 11 is 0. The van der Waals surface area contributed by atoms with Gasteiger partial charge in [-0.3, -0.25) is 0 Å². The maximum atomic E-state index is 11.3. The van der Waals surface area contributed by atoms with Crippen LogP contribution in [0.3, 0.4) is 0 Å². The molecule has 0 aliphatic carbocycles. The Bertz CT molecular complexity index is 678. The van der Waals surface area contributed by atoms with E-state index in [1.165, 1.54) is 0 Å². The number of aromatic nitrogens is 1. The molecule has 0 saturated carbocycles. The minimum absolute atomic E-state index is 0.271. The van der Waals surface area contributed by atoms with Crippen molar-refractivity contribution in [1.82, 2.24) is 3.97 Å². The van der Waals surface area contributed by atoms with Crippen molar-refractivity contribution in [2.75, 3.05) is 6.26 Å². The van der Waals surface area contributed by atoms with Gasteiger partial charge in [-0.2, -0.15) is 3.97 Å². The van der Waals surface area contributed by atoms with E-state index in [1.54, 1.807) is 18.2 Å². The van der Waals surface area contributed by atoms with Crippen LogP contribution in [0, 0.1) is 6.92 Å². The highest BCUT2D eigenvalue weighted by Crippen LogP contribution is 2.15. The number of nitrogens with zero attached hydrogens (tertiary/aromatic N) is 1. The average Bonchev–Trinajstić information content (AvgIpc) is 2.38. The number of aryl methyl sites for hydroxylation is 1. The summed E-state index contributed by atoms with van der Waals surface area (Å²) in [4.78, 5) is 11.3. The summed E-state index contributed by atoms with van der Waals surface area (Å²) in [6, 6.07) is 4.90. The smallest absolute Gasteiger partial charge is 0.407 e. The molecule has 5 nitrogen and oxygen atoms in total. The standard InChI is InChI=1S/C9H9NO4S/c1-6-3-4-7-8(5-6)14-9(11)10(7)15(2,12)13/h3-5H,1-2H3. The summed E-state index contributed by atoms with van der Waals surface area (Å²) in [6.07, 6.45) is 0.962. The maximum absolute atomic E-state index is 11.3. The maximum Gasteiger partial charge on any atom is 0.434 e. The zero-order valence-corrected chi connectivity index (χ0v) is 9.04. The van der Waals surface area contributed by atoms with Crippen LogP contribution >= 0.6 is 0 Å². The molecule has 2 rings (SSSR count). The van der Waals surface area contributed by atoms with Crippen LogP contribution in [-0.4, -0.2) is 18.6 Å². The Morgan fingerprint density at radius 2 is 2.00 bits per heavy atom. The SMILES string of the molecule is Cc1ccc2c(c1)oc(=O)n2S(C)(=O)=O. The Labute approximate surface area is 86.0 Å². The molecule has 0 fully saturated rings. The van der Waals surface area contributed by atoms with Crippen molar-refractivity contribution < 1.29 is 12.8 Å². The van der Waals surface area contributed by atoms with Gasteiger partial charge in [0.25, 0.3) is 0 Å². The van der Waals surface area contributed by atoms with Crippen molar-refractivity contribution in [3.05, 3.63) is 34.3 Å². The third kappa shape index (κ3) is 1.56. The predicted octanol–water partition coefficient (Wildman–Crippen LogP) is 0.711. The highest BCUT2D eigenvalue weighted by atomic mass is 32.2. The topological polar surface area (TPSA) is 69.3 Å². The van der Waals surface area contributed by atoms with Gasteiger partial charge in [0, 0.05) is 0 Å². The van der Waals surface area contributed by atoms with Crippen molar-refractivity contribution in [1.29, 1.82) is 0 Å². The van der Waals surface area contributed by atoms with Crippen LogP contribution in [0.15, 0.2) is 27.4 Å². The molecule has 1 aromatic carbocycles. The van der Waals surface area contributed by atoms with Crippen molar-refractivity contribution in [2.24, 2.45) is 0 Å². The van der Waals surface area contributed by atoms with E-state index >= 15 is 0 Å². The van der Waals surface area contributed by atoms with E-state index in [2.05, 4.69) is 0 Å². The predicted molar refractivity (Wildman–Crippen MR) is 55.5 cm³/mol. The lowest BCUT2D eigenvalue weighted by atomic mass is 10.2. The molecule has 0 unspecified atom stereocenters. The van der Waals surface area contributed by atoms with Gasteiger partial charge >= 0.3 is 5.76 Å². The fourth-order valence-corrected chi connectivity index (χ4v) is 2.23. The first kappa shape index (κ1) is 9.97. The van der Waals surface area contributed by atoms with Crippen molar-refractivity contribution in [3.63, 3.8) is 0 Å². The Kier molecular flexibility index (Phi) is 1.97. The normalized spacial score (nSPS) is 12.1. The minimum atomic E-state index is -3.62. The molecular formula is C9H9NO4S. The van der Waals surface area contributed by atoms with E-state index in [4.69, 9.17) is 4.42 Å². The molecule has 0 radical (unpaired) electrons. The quantitative estimate of drug-likeness (QED) is 0.719. The summed E-state index contributed by atoms with van der Waals surface area (Å²) in [6.45, 7) is 1.83. The number of hydrogen-bond acceptors (Lipinski definition) is 4. The molecule has 1 heterocycles. The zero-order chi connectivity index (χ0) is 11.2. The summed E-state index contributed by atoms with van der Waals surface area (Å²) < 4.78 is 28.1. The van der Waals surface area contributed by atoms with Gasteiger partial charge in [0.05, 0.1) is 6.26 Å². The zero-order valence-electron chi connectivity index (χ0n) is 8.22. The highest BCUT2D eigenvalue weighted by Gasteiger charge is 2.16. The average molecular weight is 227 g/mol. The van der Waals surface area contributed by atoms with Gasteiger partial charge in [-0.1, -0.05) is 6.07 Å². The van der Waals surface area contributed by atoms with Gasteiger partial charge in [-0.25, -0.2) is 13.2 Å². The number of benzene rings is 1. The van der Waals surface area contributed by atoms with Crippen LogP contribution in [-0.2, 0) is 10.0 Å². The molecule has 2 aromatic rings. The second kappa shape index (κ2) is 2.96. The van der Waals surface area contributed by atoms with E-state index < -0.39 is 15.8 Å². The lowest BCUT2D eigenvalue weighted by Gasteiger charge is -1.97. The van der Waals surface area contributed by atoms with Crippen molar-refractivity contribution in [3.8, 4) is 0 Å². The molecule has 0 spiro atoms.